The first kappa shape index (κ1) is 24.7. The molecule has 3 aromatic rings. The molecule has 2 aliphatic heterocycles. The molecule has 2 aliphatic rings. The summed E-state index contributed by atoms with van der Waals surface area (Å²) in [6, 6.07) is 17.9. The number of benzene rings is 2. The van der Waals surface area contributed by atoms with E-state index in [1.807, 2.05) is 36.4 Å². The number of hydrogen-bond acceptors (Lipinski definition) is 6. The van der Waals surface area contributed by atoms with E-state index in [9.17, 15) is 18.8 Å². The second-order valence-corrected chi connectivity index (χ2v) is 9.44. The molecule has 3 N–H and O–H groups in total. The molecule has 5 rings (SSSR count). The zero-order chi connectivity index (χ0) is 24.9. The first-order valence-corrected chi connectivity index (χ1v) is 12.0. The minimum absolute atomic E-state index is 0.0557. The van der Waals surface area contributed by atoms with Gasteiger partial charge in [0.15, 0.2) is 5.78 Å². The number of nitrogens with two attached hydrogens (primary N) is 1. The van der Waals surface area contributed by atoms with Gasteiger partial charge >= 0.3 is 5.97 Å². The normalized spacial score (nSPS) is 19.6. The van der Waals surface area contributed by atoms with E-state index in [1.165, 1.54) is 28.4 Å². The van der Waals surface area contributed by atoms with Crippen molar-refractivity contribution in [2.75, 3.05) is 13.2 Å². The Balaban J connectivity index is 0.000000179. The Kier molecular flexibility index (Phi) is 7.70. The SMILES string of the molecule is NC(Cc1ccc(F)cc1)C(=O)N1CCC2OCC(=O)C21.O=C(O)c1ccc(-c2ccccc2)s1. The van der Waals surface area contributed by atoms with Crippen LogP contribution in [-0.4, -0.2) is 59.0 Å². The average molecular weight is 497 g/mol. The lowest BCUT2D eigenvalue weighted by Crippen LogP contribution is -2.50. The van der Waals surface area contributed by atoms with Gasteiger partial charge in [-0.3, -0.25) is 9.59 Å². The molecule has 0 saturated carbocycles. The standard InChI is InChI=1S/C15H17FN2O3.C11H8O2S/c16-10-3-1-9(2-4-10)7-11(17)15(20)18-6-5-13-14(18)12(19)8-21-13;12-11(13)10-7-6-9(14-10)8-4-2-1-3-5-8/h1-4,11,13-14H,5-8,17H2;1-7H,(H,12,13). The van der Waals surface area contributed by atoms with Crippen molar-refractivity contribution in [1.29, 1.82) is 0 Å². The number of carbonyl (C=O) groups excluding carboxylic acids is 2. The molecule has 0 radical (unpaired) electrons. The molecule has 0 spiro atoms. The van der Waals surface area contributed by atoms with Gasteiger partial charge in [0.1, 0.15) is 23.3 Å². The van der Waals surface area contributed by atoms with Crippen molar-refractivity contribution in [2.45, 2.75) is 31.0 Å². The number of rotatable bonds is 5. The number of ether oxygens (including phenoxy) is 1. The fraction of sp³-hybridized carbons (Fsp3) is 0.269. The molecule has 2 saturated heterocycles. The highest BCUT2D eigenvalue weighted by molar-refractivity contribution is 7.17. The molecule has 0 bridgehead atoms. The number of fused-ring (bicyclic) bond motifs is 1. The third-order valence-corrected chi connectivity index (χ3v) is 7.08. The van der Waals surface area contributed by atoms with Crippen LogP contribution in [0.15, 0.2) is 66.7 Å². The number of carboxylic acid groups (broad SMARTS) is 1. The molecular weight excluding hydrogens is 471 g/mol. The summed E-state index contributed by atoms with van der Waals surface area (Å²) in [7, 11) is 0. The lowest BCUT2D eigenvalue weighted by atomic mass is 10.0. The topological polar surface area (TPSA) is 110 Å². The molecule has 7 nitrogen and oxygen atoms in total. The molecule has 1 amide bonds. The summed E-state index contributed by atoms with van der Waals surface area (Å²) in [6.07, 6.45) is 0.812. The molecule has 3 atom stereocenters. The zero-order valence-corrected chi connectivity index (χ0v) is 19.6. The number of hydrogen-bond donors (Lipinski definition) is 2. The van der Waals surface area contributed by atoms with Crippen LogP contribution >= 0.6 is 11.3 Å². The van der Waals surface area contributed by atoms with Crippen LogP contribution in [0, 0.1) is 5.82 Å². The summed E-state index contributed by atoms with van der Waals surface area (Å²) in [5.74, 6) is -1.49. The Morgan fingerprint density at radius 2 is 1.83 bits per heavy atom. The molecular formula is C26H25FN2O5S. The average Bonchev–Trinajstić information content (AvgIpc) is 3.59. The summed E-state index contributed by atoms with van der Waals surface area (Å²) in [5.41, 5.74) is 7.81. The molecule has 0 aliphatic carbocycles. The minimum atomic E-state index is -0.864. The number of thiophene rings is 1. The maximum Gasteiger partial charge on any atom is 0.345 e. The molecule has 1 aromatic heterocycles. The Morgan fingerprint density at radius 1 is 1.11 bits per heavy atom. The van der Waals surface area contributed by atoms with Crippen LogP contribution in [0.5, 0.6) is 0 Å². The zero-order valence-electron chi connectivity index (χ0n) is 18.8. The van der Waals surface area contributed by atoms with Crippen LogP contribution in [0.2, 0.25) is 0 Å². The predicted octanol–water partition coefficient (Wildman–Crippen LogP) is 3.38. The van der Waals surface area contributed by atoms with Crippen LogP contribution in [0.25, 0.3) is 10.4 Å². The number of likely N-dealkylation sites (tertiary alicyclic amines) is 1. The summed E-state index contributed by atoms with van der Waals surface area (Å²) >= 11 is 1.29. The Labute approximate surface area is 205 Å². The van der Waals surface area contributed by atoms with Gasteiger partial charge < -0.3 is 20.5 Å². The highest BCUT2D eigenvalue weighted by atomic mass is 32.1. The van der Waals surface area contributed by atoms with Gasteiger partial charge in [-0.2, -0.15) is 0 Å². The number of carbonyl (C=O) groups is 3. The van der Waals surface area contributed by atoms with E-state index in [0.29, 0.717) is 24.3 Å². The van der Waals surface area contributed by atoms with Gasteiger partial charge in [0, 0.05) is 11.4 Å². The fourth-order valence-electron chi connectivity index (χ4n) is 4.23. The maximum absolute atomic E-state index is 12.9. The van der Waals surface area contributed by atoms with Crippen LogP contribution in [0.3, 0.4) is 0 Å². The van der Waals surface area contributed by atoms with Crippen molar-refractivity contribution in [3.05, 3.63) is 83.0 Å². The number of halogens is 1. The van der Waals surface area contributed by atoms with Crippen molar-refractivity contribution in [3.8, 4) is 10.4 Å². The van der Waals surface area contributed by atoms with Crippen LogP contribution < -0.4 is 5.73 Å². The molecule has 3 unspecified atom stereocenters. The maximum atomic E-state index is 12.9. The second kappa shape index (κ2) is 10.9. The van der Waals surface area contributed by atoms with E-state index in [1.54, 1.807) is 18.2 Å². The van der Waals surface area contributed by atoms with Crippen LogP contribution in [0.4, 0.5) is 4.39 Å². The largest absolute Gasteiger partial charge is 0.477 e. The fourth-order valence-corrected chi connectivity index (χ4v) is 5.08. The van der Waals surface area contributed by atoms with Crippen molar-refractivity contribution in [3.63, 3.8) is 0 Å². The van der Waals surface area contributed by atoms with Crippen molar-refractivity contribution in [2.24, 2.45) is 5.73 Å². The Bertz CT molecular complexity index is 1200. The number of amides is 1. The van der Waals surface area contributed by atoms with E-state index < -0.39 is 18.1 Å². The van der Waals surface area contributed by atoms with E-state index in [4.69, 9.17) is 15.6 Å². The van der Waals surface area contributed by atoms with Crippen LogP contribution in [-0.2, 0) is 20.7 Å². The van der Waals surface area contributed by atoms with Crippen molar-refractivity contribution in [1.82, 2.24) is 4.90 Å². The van der Waals surface area contributed by atoms with Crippen molar-refractivity contribution < 1.29 is 28.6 Å². The van der Waals surface area contributed by atoms with Gasteiger partial charge in [0.05, 0.1) is 12.1 Å². The summed E-state index contributed by atoms with van der Waals surface area (Å²) in [5, 5.41) is 8.76. The third kappa shape index (κ3) is 5.82. The van der Waals surface area contributed by atoms with Crippen molar-refractivity contribution >= 4 is 29.0 Å². The number of Topliss-reactive ketones (excluding diaryl/α,β-unsaturated/α-hetero) is 1. The Morgan fingerprint density at radius 3 is 2.49 bits per heavy atom. The summed E-state index contributed by atoms with van der Waals surface area (Å²) in [6.45, 7) is 0.573. The molecule has 2 aromatic carbocycles. The van der Waals surface area contributed by atoms with E-state index >= 15 is 0 Å². The first-order chi connectivity index (χ1) is 16.8. The number of ketones is 1. The molecule has 9 heteroatoms. The number of carboxylic acids is 1. The Hall–Kier alpha value is -3.40. The van der Waals surface area contributed by atoms with E-state index in [0.717, 1.165) is 16.0 Å². The van der Waals surface area contributed by atoms with Gasteiger partial charge in [-0.25, -0.2) is 9.18 Å². The third-order valence-electron chi connectivity index (χ3n) is 5.96. The quantitative estimate of drug-likeness (QED) is 0.561. The number of nitrogens with zero attached hydrogens (tertiary/aromatic N) is 1. The molecule has 2 fully saturated rings. The van der Waals surface area contributed by atoms with Gasteiger partial charge in [-0.05, 0) is 48.2 Å². The minimum Gasteiger partial charge on any atom is -0.477 e. The monoisotopic (exact) mass is 496 g/mol. The first-order valence-electron chi connectivity index (χ1n) is 11.2. The summed E-state index contributed by atoms with van der Waals surface area (Å²) < 4.78 is 18.2. The molecule has 3 heterocycles. The molecule has 35 heavy (non-hydrogen) atoms. The number of aromatic carboxylic acids is 1. The predicted molar refractivity (Wildman–Crippen MR) is 130 cm³/mol. The summed E-state index contributed by atoms with van der Waals surface area (Å²) in [4.78, 5) is 37.8. The highest BCUT2D eigenvalue weighted by Gasteiger charge is 2.47. The van der Waals surface area contributed by atoms with Gasteiger partial charge in [0.2, 0.25) is 5.91 Å². The van der Waals surface area contributed by atoms with Gasteiger partial charge in [0.25, 0.3) is 0 Å². The molecule has 182 valence electrons. The van der Waals surface area contributed by atoms with E-state index in [2.05, 4.69) is 0 Å². The lowest BCUT2D eigenvalue weighted by Gasteiger charge is -2.25. The lowest BCUT2D eigenvalue weighted by molar-refractivity contribution is -0.137. The second-order valence-electron chi connectivity index (χ2n) is 8.35. The van der Waals surface area contributed by atoms with Crippen LogP contribution in [0.1, 0.15) is 21.7 Å². The smallest absolute Gasteiger partial charge is 0.345 e. The van der Waals surface area contributed by atoms with E-state index in [-0.39, 0.29) is 30.2 Å². The van der Waals surface area contributed by atoms with Gasteiger partial charge in [-0.1, -0.05) is 42.5 Å². The highest BCUT2D eigenvalue weighted by Crippen LogP contribution is 2.28. The van der Waals surface area contributed by atoms with Gasteiger partial charge in [-0.15, -0.1) is 11.3 Å².